The number of nitrogens with one attached hydrogen (secondary N) is 1. The molecule has 0 aliphatic carbocycles. The number of hydrogen-bond acceptors (Lipinski definition) is 2. The van der Waals surface area contributed by atoms with Crippen molar-refractivity contribution >= 4 is 5.91 Å². The molecule has 1 aromatic carbocycles. The molecule has 0 heterocycles. The number of benzene rings is 1. The number of carbonyl (C=O) groups excluding carboxylic acids is 1. The molecule has 5 heteroatoms. The molecule has 0 saturated heterocycles. The van der Waals surface area contributed by atoms with Gasteiger partial charge in [-0.1, -0.05) is 13.0 Å². The highest BCUT2D eigenvalue weighted by Gasteiger charge is 2.23. The zero-order valence-electron chi connectivity index (χ0n) is 10.3. The third kappa shape index (κ3) is 3.52. The molecule has 1 atom stereocenters. The van der Waals surface area contributed by atoms with Gasteiger partial charge in [0.05, 0.1) is 12.5 Å². The van der Waals surface area contributed by atoms with Crippen LogP contribution in [0.15, 0.2) is 18.2 Å². The monoisotopic (exact) mass is 252 g/mol. The Morgan fingerprint density at radius 3 is 2.67 bits per heavy atom. The van der Waals surface area contributed by atoms with E-state index in [1.165, 1.54) is 6.07 Å². The van der Waals surface area contributed by atoms with Crippen LogP contribution in [0, 0.1) is 23.0 Å². The standard InChI is InChI=1S/C13H14F2N2O/c1-3-13(2,8-16)17-12(18)6-9-4-5-10(14)7-11(9)15/h4-5,7H,3,6H2,1-2H3,(H,17,18). The third-order valence-electron chi connectivity index (χ3n) is 2.74. The number of halogens is 2. The van der Waals surface area contributed by atoms with Crippen molar-refractivity contribution in [2.24, 2.45) is 0 Å². The number of nitrogens with zero attached hydrogens (tertiary/aromatic N) is 1. The molecule has 1 N–H and O–H groups in total. The second-order valence-corrected chi connectivity index (χ2v) is 4.26. The van der Waals surface area contributed by atoms with E-state index in [1.807, 2.05) is 6.07 Å². The van der Waals surface area contributed by atoms with Gasteiger partial charge in [-0.3, -0.25) is 4.79 Å². The summed E-state index contributed by atoms with van der Waals surface area (Å²) in [4.78, 5) is 11.7. The van der Waals surface area contributed by atoms with Gasteiger partial charge in [0.25, 0.3) is 0 Å². The van der Waals surface area contributed by atoms with Gasteiger partial charge in [0, 0.05) is 6.07 Å². The van der Waals surface area contributed by atoms with Crippen molar-refractivity contribution < 1.29 is 13.6 Å². The molecule has 0 spiro atoms. The van der Waals surface area contributed by atoms with Gasteiger partial charge in [-0.25, -0.2) is 8.78 Å². The molecule has 1 unspecified atom stereocenters. The highest BCUT2D eigenvalue weighted by molar-refractivity contribution is 5.79. The van der Waals surface area contributed by atoms with Crippen molar-refractivity contribution in [2.45, 2.75) is 32.2 Å². The number of nitriles is 1. The molecule has 0 radical (unpaired) electrons. The zero-order chi connectivity index (χ0) is 13.8. The summed E-state index contributed by atoms with van der Waals surface area (Å²) in [5.74, 6) is -1.92. The van der Waals surface area contributed by atoms with Gasteiger partial charge in [0.15, 0.2) is 0 Å². The number of hydrogen-bond donors (Lipinski definition) is 1. The first-order chi connectivity index (χ1) is 8.40. The van der Waals surface area contributed by atoms with E-state index < -0.39 is 23.1 Å². The van der Waals surface area contributed by atoms with E-state index in [1.54, 1.807) is 13.8 Å². The molecule has 0 saturated carbocycles. The second-order valence-electron chi connectivity index (χ2n) is 4.26. The van der Waals surface area contributed by atoms with E-state index in [2.05, 4.69) is 5.32 Å². The van der Waals surface area contributed by atoms with Gasteiger partial charge in [-0.05, 0) is 25.0 Å². The summed E-state index contributed by atoms with van der Waals surface area (Å²) in [6.45, 7) is 3.36. The highest BCUT2D eigenvalue weighted by atomic mass is 19.1. The zero-order valence-corrected chi connectivity index (χ0v) is 10.3. The first-order valence-electron chi connectivity index (χ1n) is 5.56. The maximum absolute atomic E-state index is 13.3. The molecule has 1 aromatic rings. The summed E-state index contributed by atoms with van der Waals surface area (Å²) in [5.41, 5.74) is -0.863. The smallest absolute Gasteiger partial charge is 0.225 e. The van der Waals surface area contributed by atoms with E-state index >= 15 is 0 Å². The van der Waals surface area contributed by atoms with E-state index in [0.29, 0.717) is 6.42 Å². The summed E-state index contributed by atoms with van der Waals surface area (Å²) in [6.07, 6.45) is 0.227. The number of carbonyl (C=O) groups is 1. The van der Waals surface area contributed by atoms with E-state index in [0.717, 1.165) is 12.1 Å². The summed E-state index contributed by atoms with van der Waals surface area (Å²) in [7, 11) is 0. The van der Waals surface area contributed by atoms with Crippen LogP contribution in [0.25, 0.3) is 0 Å². The predicted molar refractivity (Wildman–Crippen MR) is 62.5 cm³/mol. The summed E-state index contributed by atoms with van der Waals surface area (Å²) in [6, 6.07) is 5.03. The van der Waals surface area contributed by atoms with Crippen LogP contribution in [0.3, 0.4) is 0 Å². The Balaban J connectivity index is 2.74. The van der Waals surface area contributed by atoms with Gasteiger partial charge in [-0.2, -0.15) is 5.26 Å². The van der Waals surface area contributed by atoms with Gasteiger partial charge in [0.1, 0.15) is 17.2 Å². The van der Waals surface area contributed by atoms with E-state index in [9.17, 15) is 13.6 Å². The van der Waals surface area contributed by atoms with Crippen molar-refractivity contribution in [3.63, 3.8) is 0 Å². The summed E-state index contributed by atoms with van der Waals surface area (Å²) >= 11 is 0. The van der Waals surface area contributed by atoms with Crippen molar-refractivity contribution in [3.8, 4) is 6.07 Å². The lowest BCUT2D eigenvalue weighted by Crippen LogP contribution is -2.45. The molecule has 18 heavy (non-hydrogen) atoms. The van der Waals surface area contributed by atoms with E-state index in [-0.39, 0.29) is 12.0 Å². The van der Waals surface area contributed by atoms with Gasteiger partial charge in [0.2, 0.25) is 5.91 Å². The fourth-order valence-electron chi connectivity index (χ4n) is 1.39. The molecule has 1 amide bonds. The predicted octanol–water partition coefficient (Wildman–Crippen LogP) is 2.32. The fraction of sp³-hybridized carbons (Fsp3) is 0.385. The average molecular weight is 252 g/mol. The lowest BCUT2D eigenvalue weighted by Gasteiger charge is -2.21. The van der Waals surface area contributed by atoms with Crippen LogP contribution in [-0.4, -0.2) is 11.4 Å². The normalized spacial score (nSPS) is 13.5. The second kappa shape index (κ2) is 5.58. The van der Waals surface area contributed by atoms with Crippen molar-refractivity contribution in [1.29, 1.82) is 5.26 Å². The minimum Gasteiger partial charge on any atom is -0.338 e. The Morgan fingerprint density at radius 1 is 1.50 bits per heavy atom. The lowest BCUT2D eigenvalue weighted by atomic mass is 10.0. The van der Waals surface area contributed by atoms with Crippen LogP contribution in [0.1, 0.15) is 25.8 Å². The van der Waals surface area contributed by atoms with Crippen molar-refractivity contribution in [2.75, 3.05) is 0 Å². The fourth-order valence-corrected chi connectivity index (χ4v) is 1.39. The molecule has 0 fully saturated rings. The quantitative estimate of drug-likeness (QED) is 0.894. The maximum Gasteiger partial charge on any atom is 0.225 e. The average Bonchev–Trinajstić information content (AvgIpc) is 2.32. The van der Waals surface area contributed by atoms with Gasteiger partial charge in [-0.15, -0.1) is 0 Å². The Morgan fingerprint density at radius 2 is 2.17 bits per heavy atom. The Labute approximate surface area is 104 Å². The summed E-state index contributed by atoms with van der Waals surface area (Å²) < 4.78 is 26.0. The maximum atomic E-state index is 13.3. The van der Waals surface area contributed by atoms with Crippen LogP contribution in [0.4, 0.5) is 8.78 Å². The number of rotatable bonds is 4. The molecule has 0 aliphatic rings. The topological polar surface area (TPSA) is 52.9 Å². The molecule has 3 nitrogen and oxygen atoms in total. The largest absolute Gasteiger partial charge is 0.338 e. The van der Waals surface area contributed by atoms with Crippen LogP contribution < -0.4 is 5.32 Å². The van der Waals surface area contributed by atoms with Gasteiger partial charge >= 0.3 is 0 Å². The van der Waals surface area contributed by atoms with Crippen molar-refractivity contribution in [1.82, 2.24) is 5.32 Å². The first kappa shape index (κ1) is 14.1. The minimum atomic E-state index is -0.965. The molecule has 0 aromatic heterocycles. The molecule has 1 rings (SSSR count). The Hall–Kier alpha value is -1.96. The number of amides is 1. The molecular formula is C13H14F2N2O. The highest BCUT2D eigenvalue weighted by Crippen LogP contribution is 2.12. The Bertz CT molecular complexity index is 496. The lowest BCUT2D eigenvalue weighted by molar-refractivity contribution is -0.121. The van der Waals surface area contributed by atoms with Crippen LogP contribution in [0.5, 0.6) is 0 Å². The molecule has 0 aliphatic heterocycles. The van der Waals surface area contributed by atoms with Gasteiger partial charge < -0.3 is 5.32 Å². The molecular weight excluding hydrogens is 238 g/mol. The third-order valence-corrected chi connectivity index (χ3v) is 2.74. The molecule has 0 bridgehead atoms. The van der Waals surface area contributed by atoms with Crippen LogP contribution >= 0.6 is 0 Å². The minimum absolute atomic E-state index is 0.102. The summed E-state index contributed by atoms with van der Waals surface area (Å²) in [5, 5.41) is 11.4. The van der Waals surface area contributed by atoms with Crippen LogP contribution in [0.2, 0.25) is 0 Å². The van der Waals surface area contributed by atoms with Crippen molar-refractivity contribution in [3.05, 3.63) is 35.4 Å². The molecule has 96 valence electrons. The SMILES string of the molecule is CCC(C)(C#N)NC(=O)Cc1ccc(F)cc1F. The van der Waals surface area contributed by atoms with E-state index in [4.69, 9.17) is 5.26 Å². The Kier molecular flexibility index (Phi) is 4.38. The van der Waals surface area contributed by atoms with Crippen LogP contribution in [-0.2, 0) is 11.2 Å². The first-order valence-corrected chi connectivity index (χ1v) is 5.56.